The van der Waals surface area contributed by atoms with Crippen LogP contribution in [0.3, 0.4) is 0 Å². The number of aromatic nitrogens is 1. The van der Waals surface area contributed by atoms with Crippen molar-refractivity contribution in [2.24, 2.45) is 0 Å². The molecule has 0 bridgehead atoms. The monoisotopic (exact) mass is 493 g/mol. The van der Waals surface area contributed by atoms with Crippen LogP contribution in [0.5, 0.6) is 11.5 Å². The summed E-state index contributed by atoms with van der Waals surface area (Å²) in [5.74, 6) is 1.99. The van der Waals surface area contributed by atoms with Gasteiger partial charge in [-0.15, -0.1) is 0 Å². The molecule has 1 aromatic heterocycles. The van der Waals surface area contributed by atoms with Crippen LogP contribution in [0.25, 0.3) is 22.2 Å². The van der Waals surface area contributed by atoms with Gasteiger partial charge in [-0.25, -0.2) is 4.79 Å². The summed E-state index contributed by atoms with van der Waals surface area (Å²) in [4.78, 5) is 17.9. The lowest BCUT2D eigenvalue weighted by atomic mass is 9.88. The molecule has 4 rings (SSSR count). The number of hydrogen-bond acceptors (Lipinski definition) is 5. The van der Waals surface area contributed by atoms with Crippen LogP contribution in [0, 0.1) is 6.92 Å². The van der Waals surface area contributed by atoms with Gasteiger partial charge in [-0.1, -0.05) is 6.07 Å². The molecule has 0 aliphatic carbocycles. The fourth-order valence-electron chi connectivity index (χ4n) is 5.00. The smallest absolute Gasteiger partial charge is 0.407 e. The molecule has 0 unspecified atom stereocenters. The SMILES string of the molecule is COc1ccc(-c2[nH]c3ccc(C4CCN(CCNC(=O)OC(C)(C)C)CC4)cc3c2C)cc1OC. The van der Waals surface area contributed by atoms with Crippen molar-refractivity contribution in [1.82, 2.24) is 15.2 Å². The number of benzene rings is 2. The van der Waals surface area contributed by atoms with E-state index in [1.807, 2.05) is 32.9 Å². The van der Waals surface area contributed by atoms with E-state index in [0.717, 1.165) is 60.7 Å². The molecule has 36 heavy (non-hydrogen) atoms. The van der Waals surface area contributed by atoms with E-state index in [2.05, 4.69) is 46.4 Å². The number of fused-ring (bicyclic) bond motifs is 1. The summed E-state index contributed by atoms with van der Waals surface area (Å²) in [6.45, 7) is 11.3. The number of H-pyrrole nitrogens is 1. The average Bonchev–Trinajstić information content (AvgIpc) is 3.18. The van der Waals surface area contributed by atoms with Crippen molar-refractivity contribution >= 4 is 17.0 Å². The summed E-state index contributed by atoms with van der Waals surface area (Å²) >= 11 is 0. The predicted octanol–water partition coefficient (Wildman–Crippen LogP) is 5.86. The minimum Gasteiger partial charge on any atom is -0.493 e. The van der Waals surface area contributed by atoms with Crippen molar-refractivity contribution in [2.75, 3.05) is 40.4 Å². The van der Waals surface area contributed by atoms with Gasteiger partial charge in [0.05, 0.1) is 14.2 Å². The lowest BCUT2D eigenvalue weighted by Crippen LogP contribution is -2.40. The number of nitrogens with one attached hydrogen (secondary N) is 2. The van der Waals surface area contributed by atoms with E-state index in [1.165, 1.54) is 16.5 Å². The number of nitrogens with zero attached hydrogens (tertiary/aromatic N) is 1. The number of alkyl carbamates (subject to hydrolysis) is 1. The van der Waals surface area contributed by atoms with E-state index >= 15 is 0 Å². The fourth-order valence-corrected chi connectivity index (χ4v) is 5.00. The van der Waals surface area contributed by atoms with Crippen LogP contribution in [-0.4, -0.2) is 62.0 Å². The third-order valence-electron chi connectivity index (χ3n) is 6.91. The predicted molar refractivity (Wildman–Crippen MR) is 144 cm³/mol. The van der Waals surface area contributed by atoms with Gasteiger partial charge in [-0.3, -0.25) is 0 Å². The Balaban J connectivity index is 1.39. The molecule has 7 nitrogen and oxygen atoms in total. The molecular weight excluding hydrogens is 454 g/mol. The number of aryl methyl sites for hydroxylation is 1. The maximum atomic E-state index is 11.9. The van der Waals surface area contributed by atoms with Crippen LogP contribution in [0.1, 0.15) is 50.7 Å². The molecule has 2 aromatic carbocycles. The van der Waals surface area contributed by atoms with Gasteiger partial charge in [0.2, 0.25) is 0 Å². The first-order valence-corrected chi connectivity index (χ1v) is 12.7. The second kappa shape index (κ2) is 10.8. The standard InChI is InChI=1S/C29H39N3O4/c1-19-23-17-21(20-11-14-32(15-12-20)16-13-30-28(33)36-29(2,3)4)7-9-24(23)31-27(19)22-8-10-25(34-5)26(18-22)35-6/h7-10,17-18,20,31H,11-16H2,1-6H3,(H,30,33). The molecule has 0 atom stereocenters. The normalized spacial score (nSPS) is 15.2. The Labute approximate surface area is 214 Å². The summed E-state index contributed by atoms with van der Waals surface area (Å²) in [5, 5.41) is 4.13. The summed E-state index contributed by atoms with van der Waals surface area (Å²) in [7, 11) is 3.31. The van der Waals surface area contributed by atoms with Crippen LogP contribution < -0.4 is 14.8 Å². The second-order valence-corrected chi connectivity index (χ2v) is 10.5. The number of amides is 1. The van der Waals surface area contributed by atoms with Gasteiger partial charge >= 0.3 is 6.09 Å². The van der Waals surface area contributed by atoms with Gasteiger partial charge in [0, 0.05) is 35.2 Å². The Kier molecular flexibility index (Phi) is 7.79. The Morgan fingerprint density at radius 1 is 1.06 bits per heavy atom. The number of aromatic amines is 1. The molecule has 1 aliphatic heterocycles. The van der Waals surface area contributed by atoms with Gasteiger partial charge in [-0.2, -0.15) is 0 Å². The van der Waals surface area contributed by atoms with Gasteiger partial charge in [0.25, 0.3) is 0 Å². The van der Waals surface area contributed by atoms with Gasteiger partial charge in [0.1, 0.15) is 5.60 Å². The number of hydrogen-bond donors (Lipinski definition) is 2. The second-order valence-electron chi connectivity index (χ2n) is 10.5. The topological polar surface area (TPSA) is 75.8 Å². The zero-order chi connectivity index (χ0) is 25.9. The van der Waals surface area contributed by atoms with E-state index in [4.69, 9.17) is 14.2 Å². The van der Waals surface area contributed by atoms with Crippen LogP contribution in [0.15, 0.2) is 36.4 Å². The lowest BCUT2D eigenvalue weighted by molar-refractivity contribution is 0.0520. The lowest BCUT2D eigenvalue weighted by Gasteiger charge is -2.32. The molecule has 3 aromatic rings. The van der Waals surface area contributed by atoms with E-state index in [9.17, 15) is 4.79 Å². The zero-order valence-electron chi connectivity index (χ0n) is 22.4. The van der Waals surface area contributed by atoms with Crippen molar-refractivity contribution in [3.63, 3.8) is 0 Å². The molecule has 1 amide bonds. The van der Waals surface area contributed by atoms with Gasteiger partial charge in [-0.05, 0) is 101 Å². The van der Waals surface area contributed by atoms with Gasteiger partial charge < -0.3 is 29.4 Å². The highest BCUT2D eigenvalue weighted by Crippen LogP contribution is 2.37. The molecule has 1 aliphatic rings. The zero-order valence-corrected chi connectivity index (χ0v) is 22.4. The molecular formula is C29H39N3O4. The number of ether oxygens (including phenoxy) is 3. The van der Waals surface area contributed by atoms with Crippen LogP contribution in [-0.2, 0) is 4.74 Å². The van der Waals surface area contributed by atoms with Crippen molar-refractivity contribution in [2.45, 2.75) is 52.1 Å². The highest BCUT2D eigenvalue weighted by molar-refractivity contribution is 5.91. The first-order chi connectivity index (χ1) is 17.2. The van der Waals surface area contributed by atoms with Crippen LogP contribution >= 0.6 is 0 Å². The Morgan fingerprint density at radius 3 is 2.44 bits per heavy atom. The summed E-state index contributed by atoms with van der Waals surface area (Å²) in [6.07, 6.45) is 1.88. The van der Waals surface area contributed by atoms with Crippen molar-refractivity contribution in [1.29, 1.82) is 0 Å². The first kappa shape index (κ1) is 25.9. The number of carbonyl (C=O) groups is 1. The highest BCUT2D eigenvalue weighted by atomic mass is 16.6. The van der Waals surface area contributed by atoms with Crippen LogP contribution in [0.2, 0.25) is 0 Å². The summed E-state index contributed by atoms with van der Waals surface area (Å²) in [5.41, 5.74) is 5.50. The molecule has 0 radical (unpaired) electrons. The average molecular weight is 494 g/mol. The number of carbonyl (C=O) groups excluding carboxylic acids is 1. The number of likely N-dealkylation sites (tertiary alicyclic amines) is 1. The Hall–Kier alpha value is -3.19. The Bertz CT molecular complexity index is 1200. The van der Waals surface area contributed by atoms with Crippen LogP contribution in [0.4, 0.5) is 4.79 Å². The molecule has 2 heterocycles. The number of rotatable bonds is 7. The third kappa shape index (κ3) is 5.95. The maximum absolute atomic E-state index is 11.9. The fraction of sp³-hybridized carbons (Fsp3) is 0.483. The Morgan fingerprint density at radius 2 is 1.78 bits per heavy atom. The largest absolute Gasteiger partial charge is 0.493 e. The summed E-state index contributed by atoms with van der Waals surface area (Å²) in [6, 6.07) is 12.9. The minimum absolute atomic E-state index is 0.347. The van der Waals surface area contributed by atoms with Gasteiger partial charge in [0.15, 0.2) is 11.5 Å². The molecule has 194 valence electrons. The van der Waals surface area contributed by atoms with E-state index in [0.29, 0.717) is 12.5 Å². The van der Waals surface area contributed by atoms with Crippen molar-refractivity contribution in [3.05, 3.63) is 47.5 Å². The molecule has 0 spiro atoms. The highest BCUT2D eigenvalue weighted by Gasteiger charge is 2.22. The van der Waals surface area contributed by atoms with Crippen molar-refractivity contribution in [3.8, 4) is 22.8 Å². The molecule has 7 heteroatoms. The van der Waals surface area contributed by atoms with E-state index in [-0.39, 0.29) is 6.09 Å². The van der Waals surface area contributed by atoms with E-state index < -0.39 is 5.60 Å². The number of methoxy groups -OCH3 is 2. The molecule has 0 saturated carbocycles. The van der Waals surface area contributed by atoms with E-state index in [1.54, 1.807) is 14.2 Å². The first-order valence-electron chi connectivity index (χ1n) is 12.7. The van der Waals surface area contributed by atoms with Crippen molar-refractivity contribution < 1.29 is 19.0 Å². The quantitative estimate of drug-likeness (QED) is 0.431. The minimum atomic E-state index is -0.469. The number of piperidine rings is 1. The third-order valence-corrected chi connectivity index (χ3v) is 6.91. The molecule has 2 N–H and O–H groups in total. The molecule has 1 saturated heterocycles. The summed E-state index contributed by atoms with van der Waals surface area (Å²) < 4.78 is 16.2. The molecule has 1 fully saturated rings. The maximum Gasteiger partial charge on any atom is 0.407 e.